The highest BCUT2D eigenvalue weighted by Crippen LogP contribution is 2.29. The molecule has 132 valence electrons. The summed E-state index contributed by atoms with van der Waals surface area (Å²) >= 11 is 6.03. The number of amides is 1. The molecule has 1 aromatic heterocycles. The highest BCUT2D eigenvalue weighted by atomic mass is 35.5. The number of methoxy groups -OCH3 is 1. The number of carbonyl (C=O) groups is 1. The number of nitrogens with zero attached hydrogens (tertiary/aromatic N) is 1. The number of hydrogen-bond donors (Lipinski definition) is 2. The molecular formula is C20H18ClN3O2. The minimum atomic E-state index is -0.213. The standard InChI is InChI=1S/C20H18ClN3O2/c1-13-4-3-5-16(10-13)23-20(25)14-6-9-19(22-12-14)24-17-11-15(21)7-8-18(17)26-2/h3-12H,1-2H3,(H,22,24)(H,23,25). The first-order chi connectivity index (χ1) is 12.5. The molecule has 0 unspecified atom stereocenters. The number of rotatable bonds is 5. The number of ether oxygens (including phenoxy) is 1. The van der Waals surface area contributed by atoms with Crippen molar-refractivity contribution in [2.24, 2.45) is 0 Å². The molecule has 0 aliphatic heterocycles. The fourth-order valence-corrected chi connectivity index (χ4v) is 2.62. The predicted octanol–water partition coefficient (Wildman–Crippen LogP) is 5.05. The lowest BCUT2D eigenvalue weighted by atomic mass is 10.2. The molecule has 3 rings (SSSR count). The third-order valence-corrected chi connectivity index (χ3v) is 3.96. The largest absolute Gasteiger partial charge is 0.495 e. The molecule has 0 atom stereocenters. The van der Waals surface area contributed by atoms with Crippen LogP contribution in [0.2, 0.25) is 5.02 Å². The van der Waals surface area contributed by atoms with Gasteiger partial charge in [0.15, 0.2) is 0 Å². The maximum absolute atomic E-state index is 12.3. The van der Waals surface area contributed by atoms with E-state index in [-0.39, 0.29) is 5.91 Å². The molecule has 3 aromatic rings. The van der Waals surface area contributed by atoms with Crippen molar-refractivity contribution in [1.82, 2.24) is 4.98 Å². The van der Waals surface area contributed by atoms with Gasteiger partial charge < -0.3 is 15.4 Å². The first kappa shape index (κ1) is 17.8. The van der Waals surface area contributed by atoms with Gasteiger partial charge in [-0.2, -0.15) is 0 Å². The zero-order valence-corrected chi connectivity index (χ0v) is 15.2. The van der Waals surface area contributed by atoms with Crippen LogP contribution in [0.5, 0.6) is 5.75 Å². The Kier molecular flexibility index (Phi) is 5.39. The molecule has 0 saturated carbocycles. The van der Waals surface area contributed by atoms with Crippen LogP contribution in [0.3, 0.4) is 0 Å². The molecule has 0 fully saturated rings. The normalized spacial score (nSPS) is 10.3. The average Bonchev–Trinajstić information content (AvgIpc) is 2.62. The smallest absolute Gasteiger partial charge is 0.257 e. The average molecular weight is 368 g/mol. The highest BCUT2D eigenvalue weighted by Gasteiger charge is 2.09. The van der Waals surface area contributed by atoms with E-state index < -0.39 is 0 Å². The highest BCUT2D eigenvalue weighted by molar-refractivity contribution is 6.31. The number of benzene rings is 2. The monoisotopic (exact) mass is 367 g/mol. The third kappa shape index (κ3) is 4.32. The minimum Gasteiger partial charge on any atom is -0.495 e. The molecule has 0 saturated heterocycles. The second-order valence-corrected chi connectivity index (χ2v) is 6.16. The van der Waals surface area contributed by atoms with E-state index in [1.165, 1.54) is 6.20 Å². The summed E-state index contributed by atoms with van der Waals surface area (Å²) in [5, 5.41) is 6.58. The number of aryl methyl sites for hydroxylation is 1. The van der Waals surface area contributed by atoms with Crippen molar-refractivity contribution in [2.75, 3.05) is 17.7 Å². The molecule has 6 heteroatoms. The molecule has 2 N–H and O–H groups in total. The first-order valence-corrected chi connectivity index (χ1v) is 8.37. The zero-order valence-electron chi connectivity index (χ0n) is 14.4. The Balaban J connectivity index is 1.72. The fraction of sp³-hybridized carbons (Fsp3) is 0.100. The number of halogens is 1. The quantitative estimate of drug-likeness (QED) is 0.662. The van der Waals surface area contributed by atoms with Crippen LogP contribution in [-0.4, -0.2) is 18.0 Å². The van der Waals surface area contributed by atoms with Gasteiger partial charge in [0, 0.05) is 16.9 Å². The lowest BCUT2D eigenvalue weighted by molar-refractivity contribution is 0.102. The van der Waals surface area contributed by atoms with Crippen molar-refractivity contribution in [3.8, 4) is 5.75 Å². The molecule has 26 heavy (non-hydrogen) atoms. The van der Waals surface area contributed by atoms with Crippen molar-refractivity contribution in [3.05, 3.63) is 76.9 Å². The van der Waals surface area contributed by atoms with Crippen molar-refractivity contribution >= 4 is 34.7 Å². The topological polar surface area (TPSA) is 63.2 Å². The van der Waals surface area contributed by atoms with Crippen LogP contribution in [0.15, 0.2) is 60.8 Å². The van der Waals surface area contributed by atoms with Crippen molar-refractivity contribution in [3.63, 3.8) is 0 Å². The van der Waals surface area contributed by atoms with E-state index in [0.717, 1.165) is 11.3 Å². The number of nitrogens with one attached hydrogen (secondary N) is 2. The van der Waals surface area contributed by atoms with Gasteiger partial charge in [-0.05, 0) is 55.0 Å². The minimum absolute atomic E-state index is 0.213. The summed E-state index contributed by atoms with van der Waals surface area (Å²) in [7, 11) is 1.58. The van der Waals surface area contributed by atoms with Crippen LogP contribution in [0.25, 0.3) is 0 Å². The van der Waals surface area contributed by atoms with Gasteiger partial charge in [0.05, 0.1) is 18.4 Å². The van der Waals surface area contributed by atoms with Crippen LogP contribution in [0.1, 0.15) is 15.9 Å². The van der Waals surface area contributed by atoms with Gasteiger partial charge in [-0.3, -0.25) is 4.79 Å². The number of aromatic nitrogens is 1. The molecule has 0 aliphatic carbocycles. The number of anilines is 3. The Hall–Kier alpha value is -3.05. The number of pyridine rings is 1. The summed E-state index contributed by atoms with van der Waals surface area (Å²) in [6, 6.07) is 16.3. The first-order valence-electron chi connectivity index (χ1n) is 8.00. The molecular weight excluding hydrogens is 350 g/mol. The Morgan fingerprint density at radius 3 is 2.65 bits per heavy atom. The molecule has 5 nitrogen and oxygen atoms in total. The van der Waals surface area contributed by atoms with Crippen LogP contribution in [0.4, 0.5) is 17.2 Å². The molecule has 0 bridgehead atoms. The molecule has 2 aromatic carbocycles. The summed E-state index contributed by atoms with van der Waals surface area (Å²) in [6.07, 6.45) is 1.52. The lowest BCUT2D eigenvalue weighted by Gasteiger charge is -2.11. The second kappa shape index (κ2) is 7.89. The van der Waals surface area contributed by atoms with Gasteiger partial charge in [0.2, 0.25) is 0 Å². The van der Waals surface area contributed by atoms with Gasteiger partial charge in [0.25, 0.3) is 5.91 Å². The Bertz CT molecular complexity index is 927. The lowest BCUT2D eigenvalue weighted by Crippen LogP contribution is -2.12. The zero-order chi connectivity index (χ0) is 18.5. The summed E-state index contributed by atoms with van der Waals surface area (Å²) < 4.78 is 5.30. The van der Waals surface area contributed by atoms with E-state index in [0.29, 0.717) is 27.8 Å². The summed E-state index contributed by atoms with van der Waals surface area (Å²) in [5.41, 5.74) is 3.00. The van der Waals surface area contributed by atoms with E-state index in [4.69, 9.17) is 16.3 Å². The number of hydrogen-bond acceptors (Lipinski definition) is 4. The van der Waals surface area contributed by atoms with Crippen LogP contribution >= 0.6 is 11.6 Å². The van der Waals surface area contributed by atoms with Gasteiger partial charge >= 0.3 is 0 Å². The van der Waals surface area contributed by atoms with Crippen LogP contribution in [0, 0.1) is 6.92 Å². The predicted molar refractivity (Wildman–Crippen MR) is 105 cm³/mol. The van der Waals surface area contributed by atoms with Gasteiger partial charge in [-0.25, -0.2) is 4.98 Å². The van der Waals surface area contributed by atoms with Crippen molar-refractivity contribution in [1.29, 1.82) is 0 Å². The van der Waals surface area contributed by atoms with Gasteiger partial charge in [-0.15, -0.1) is 0 Å². The van der Waals surface area contributed by atoms with Crippen molar-refractivity contribution in [2.45, 2.75) is 6.92 Å². The molecule has 1 heterocycles. The molecule has 0 radical (unpaired) electrons. The van der Waals surface area contributed by atoms with Crippen LogP contribution in [-0.2, 0) is 0 Å². The van der Waals surface area contributed by atoms with E-state index in [1.54, 1.807) is 37.4 Å². The van der Waals surface area contributed by atoms with Gasteiger partial charge in [-0.1, -0.05) is 23.7 Å². The maximum atomic E-state index is 12.3. The van der Waals surface area contributed by atoms with E-state index >= 15 is 0 Å². The second-order valence-electron chi connectivity index (χ2n) is 5.73. The molecule has 0 spiro atoms. The molecule has 1 amide bonds. The Labute approximate surface area is 157 Å². The summed E-state index contributed by atoms with van der Waals surface area (Å²) in [5.74, 6) is 1.02. The Morgan fingerprint density at radius 1 is 1.12 bits per heavy atom. The van der Waals surface area contributed by atoms with Gasteiger partial charge in [0.1, 0.15) is 11.6 Å². The summed E-state index contributed by atoms with van der Waals surface area (Å²) in [6.45, 7) is 1.97. The maximum Gasteiger partial charge on any atom is 0.257 e. The van der Waals surface area contributed by atoms with Crippen molar-refractivity contribution < 1.29 is 9.53 Å². The van der Waals surface area contributed by atoms with E-state index in [2.05, 4.69) is 15.6 Å². The molecule has 0 aliphatic rings. The number of carbonyl (C=O) groups excluding carboxylic acids is 1. The SMILES string of the molecule is COc1ccc(Cl)cc1Nc1ccc(C(=O)Nc2cccc(C)c2)cn1. The Morgan fingerprint density at radius 2 is 1.96 bits per heavy atom. The third-order valence-electron chi connectivity index (χ3n) is 3.73. The van der Waals surface area contributed by atoms with E-state index in [1.807, 2.05) is 31.2 Å². The fourth-order valence-electron chi connectivity index (χ4n) is 2.44. The summed E-state index contributed by atoms with van der Waals surface area (Å²) in [4.78, 5) is 16.6. The van der Waals surface area contributed by atoms with E-state index in [9.17, 15) is 4.79 Å². The van der Waals surface area contributed by atoms with Crippen LogP contribution < -0.4 is 15.4 Å².